The summed E-state index contributed by atoms with van der Waals surface area (Å²) in [4.78, 5) is 0. The number of halogens is 2. The van der Waals surface area contributed by atoms with Gasteiger partial charge in [0.2, 0.25) is 0 Å². The van der Waals surface area contributed by atoms with Crippen LogP contribution in [0.25, 0.3) is 0 Å². The summed E-state index contributed by atoms with van der Waals surface area (Å²) in [6.07, 6.45) is 1.67. The SMILES string of the molecule is CNC(Cc1ccc(F)c(Cl)c1)C(C)(C)S(C)(=O)=O. The molecule has 1 aromatic carbocycles. The zero-order valence-corrected chi connectivity index (χ0v) is 13.1. The summed E-state index contributed by atoms with van der Waals surface area (Å²) in [5, 5.41) is 3.06. The number of likely N-dealkylation sites (N-methyl/N-ethyl adjacent to an activating group) is 1. The Bertz CT molecular complexity index is 558. The van der Waals surface area contributed by atoms with E-state index in [1.807, 2.05) is 0 Å². The summed E-state index contributed by atoms with van der Waals surface area (Å²) < 4.78 is 35.8. The lowest BCUT2D eigenvalue weighted by Gasteiger charge is -2.32. The molecule has 1 N–H and O–H groups in total. The Labute approximate surface area is 119 Å². The average molecular weight is 308 g/mol. The van der Waals surface area contributed by atoms with Crippen molar-refractivity contribution in [2.24, 2.45) is 0 Å². The van der Waals surface area contributed by atoms with E-state index in [9.17, 15) is 12.8 Å². The molecular weight excluding hydrogens is 289 g/mol. The van der Waals surface area contributed by atoms with Crippen LogP contribution >= 0.6 is 11.6 Å². The molecule has 0 aliphatic rings. The first-order valence-electron chi connectivity index (χ1n) is 5.90. The lowest BCUT2D eigenvalue weighted by Crippen LogP contribution is -2.51. The molecule has 1 unspecified atom stereocenters. The van der Waals surface area contributed by atoms with Crippen molar-refractivity contribution in [3.05, 3.63) is 34.6 Å². The fourth-order valence-electron chi connectivity index (χ4n) is 1.86. The highest BCUT2D eigenvalue weighted by Crippen LogP contribution is 2.24. The van der Waals surface area contributed by atoms with Gasteiger partial charge >= 0.3 is 0 Å². The Balaban J connectivity index is 3.03. The Hall–Kier alpha value is -0.650. The van der Waals surface area contributed by atoms with E-state index in [1.165, 1.54) is 18.4 Å². The van der Waals surface area contributed by atoms with Gasteiger partial charge in [0.15, 0.2) is 9.84 Å². The van der Waals surface area contributed by atoms with Gasteiger partial charge in [0.1, 0.15) is 5.82 Å². The Kier molecular flexibility index (Phi) is 4.98. The van der Waals surface area contributed by atoms with Gasteiger partial charge < -0.3 is 5.32 Å². The first-order valence-corrected chi connectivity index (χ1v) is 8.17. The second kappa shape index (κ2) is 5.77. The standard InChI is InChI=1S/C13H19ClFNO2S/c1-13(2,19(4,17)18)12(16-3)8-9-5-6-11(15)10(14)7-9/h5-7,12,16H,8H2,1-4H3. The van der Waals surface area contributed by atoms with Crippen molar-refractivity contribution in [3.8, 4) is 0 Å². The van der Waals surface area contributed by atoms with Gasteiger partial charge in [0.05, 0.1) is 9.77 Å². The number of hydrogen-bond acceptors (Lipinski definition) is 3. The summed E-state index contributed by atoms with van der Waals surface area (Å²) in [6.45, 7) is 3.35. The number of rotatable bonds is 5. The van der Waals surface area contributed by atoms with Crippen LogP contribution in [0.3, 0.4) is 0 Å². The molecule has 1 aromatic rings. The minimum atomic E-state index is -3.22. The molecule has 0 aliphatic carbocycles. The van der Waals surface area contributed by atoms with Gasteiger partial charge in [-0.25, -0.2) is 12.8 Å². The zero-order chi connectivity index (χ0) is 14.8. The predicted octanol–water partition coefficient (Wildman–Crippen LogP) is 2.43. The molecule has 0 spiro atoms. The number of nitrogens with one attached hydrogen (secondary N) is 1. The van der Waals surface area contributed by atoms with Gasteiger partial charge in [-0.1, -0.05) is 17.7 Å². The molecule has 0 bridgehead atoms. The second-order valence-corrected chi connectivity index (χ2v) is 8.17. The van der Waals surface area contributed by atoms with E-state index in [0.717, 1.165) is 5.56 Å². The fourth-order valence-corrected chi connectivity index (χ4v) is 2.78. The molecular formula is C13H19ClFNO2S. The molecule has 108 valence electrons. The summed E-state index contributed by atoms with van der Waals surface area (Å²) in [6, 6.07) is 4.14. The molecule has 0 aromatic heterocycles. The molecule has 0 heterocycles. The van der Waals surface area contributed by atoms with E-state index >= 15 is 0 Å². The van der Waals surface area contributed by atoms with Crippen LogP contribution < -0.4 is 5.32 Å². The first-order chi connectivity index (χ1) is 8.59. The molecule has 0 aliphatic heterocycles. The summed E-state index contributed by atoms with van der Waals surface area (Å²) in [5.74, 6) is -0.478. The Morgan fingerprint density at radius 3 is 2.42 bits per heavy atom. The van der Waals surface area contributed by atoms with Crippen molar-refractivity contribution in [2.75, 3.05) is 13.3 Å². The molecule has 1 atom stereocenters. The van der Waals surface area contributed by atoms with Crippen LogP contribution in [-0.2, 0) is 16.3 Å². The van der Waals surface area contributed by atoms with E-state index in [0.29, 0.717) is 6.42 Å². The summed E-state index contributed by atoms with van der Waals surface area (Å²) in [5.41, 5.74) is 0.794. The number of hydrogen-bond donors (Lipinski definition) is 1. The smallest absolute Gasteiger partial charge is 0.154 e. The lowest BCUT2D eigenvalue weighted by atomic mass is 9.95. The highest BCUT2D eigenvalue weighted by molar-refractivity contribution is 7.92. The molecule has 0 radical (unpaired) electrons. The minimum Gasteiger partial charge on any atom is -0.315 e. The molecule has 0 amide bonds. The number of benzene rings is 1. The third-order valence-electron chi connectivity index (χ3n) is 3.57. The van der Waals surface area contributed by atoms with Gasteiger partial charge in [0, 0.05) is 12.3 Å². The highest BCUT2D eigenvalue weighted by Gasteiger charge is 2.38. The Morgan fingerprint density at radius 1 is 1.42 bits per heavy atom. The quantitative estimate of drug-likeness (QED) is 0.909. The van der Waals surface area contributed by atoms with Crippen LogP contribution in [0.4, 0.5) is 4.39 Å². The van der Waals surface area contributed by atoms with Crippen molar-refractivity contribution in [1.29, 1.82) is 0 Å². The Morgan fingerprint density at radius 2 is 2.00 bits per heavy atom. The predicted molar refractivity (Wildman–Crippen MR) is 76.9 cm³/mol. The summed E-state index contributed by atoms with van der Waals surface area (Å²) in [7, 11) is -1.51. The van der Waals surface area contributed by atoms with E-state index in [2.05, 4.69) is 5.32 Å². The van der Waals surface area contributed by atoms with Crippen LogP contribution in [0.2, 0.25) is 5.02 Å². The first kappa shape index (κ1) is 16.4. The van der Waals surface area contributed by atoms with Crippen molar-refractivity contribution < 1.29 is 12.8 Å². The molecule has 19 heavy (non-hydrogen) atoms. The van der Waals surface area contributed by atoms with Crippen molar-refractivity contribution in [3.63, 3.8) is 0 Å². The van der Waals surface area contributed by atoms with Crippen molar-refractivity contribution >= 4 is 21.4 Å². The monoisotopic (exact) mass is 307 g/mol. The maximum Gasteiger partial charge on any atom is 0.154 e. The molecule has 0 fully saturated rings. The van der Waals surface area contributed by atoms with Crippen LogP contribution in [0, 0.1) is 5.82 Å². The molecule has 0 saturated heterocycles. The largest absolute Gasteiger partial charge is 0.315 e. The van der Waals surface area contributed by atoms with E-state index < -0.39 is 20.4 Å². The maximum atomic E-state index is 13.1. The highest BCUT2D eigenvalue weighted by atomic mass is 35.5. The fraction of sp³-hybridized carbons (Fsp3) is 0.538. The van der Waals surface area contributed by atoms with Crippen LogP contribution in [0.5, 0.6) is 0 Å². The maximum absolute atomic E-state index is 13.1. The van der Waals surface area contributed by atoms with Gasteiger partial charge in [-0.15, -0.1) is 0 Å². The normalized spacial score (nSPS) is 14.4. The average Bonchev–Trinajstić information content (AvgIpc) is 2.28. The molecule has 1 rings (SSSR count). The van der Waals surface area contributed by atoms with Gasteiger partial charge in [-0.3, -0.25) is 0 Å². The third kappa shape index (κ3) is 3.68. The topological polar surface area (TPSA) is 46.2 Å². The van der Waals surface area contributed by atoms with E-state index in [4.69, 9.17) is 11.6 Å². The summed E-state index contributed by atoms with van der Waals surface area (Å²) >= 11 is 5.73. The molecule has 0 saturated carbocycles. The van der Waals surface area contributed by atoms with Crippen molar-refractivity contribution in [2.45, 2.75) is 31.1 Å². The van der Waals surface area contributed by atoms with E-state index in [-0.39, 0.29) is 11.1 Å². The van der Waals surface area contributed by atoms with Gasteiger partial charge in [-0.05, 0) is 45.0 Å². The number of sulfone groups is 1. The minimum absolute atomic E-state index is 0.0458. The second-order valence-electron chi connectivity index (χ2n) is 5.17. The van der Waals surface area contributed by atoms with Gasteiger partial charge in [0.25, 0.3) is 0 Å². The zero-order valence-electron chi connectivity index (χ0n) is 11.5. The third-order valence-corrected chi connectivity index (χ3v) is 6.05. The van der Waals surface area contributed by atoms with Crippen LogP contribution in [0.1, 0.15) is 19.4 Å². The molecule has 6 heteroatoms. The molecule has 3 nitrogen and oxygen atoms in total. The lowest BCUT2D eigenvalue weighted by molar-refractivity contribution is 0.430. The van der Waals surface area contributed by atoms with Crippen LogP contribution in [0.15, 0.2) is 18.2 Å². The van der Waals surface area contributed by atoms with Crippen molar-refractivity contribution in [1.82, 2.24) is 5.32 Å². The van der Waals surface area contributed by atoms with Gasteiger partial charge in [-0.2, -0.15) is 0 Å². The van der Waals surface area contributed by atoms with Crippen LogP contribution in [-0.4, -0.2) is 32.5 Å². The van der Waals surface area contributed by atoms with E-state index in [1.54, 1.807) is 27.0 Å².